The highest BCUT2D eigenvalue weighted by Crippen LogP contribution is 2.42. The van der Waals surface area contributed by atoms with E-state index in [1.165, 1.54) is 0 Å². The number of esters is 1. The number of ether oxygens (including phenoxy) is 1. The number of carbonyl (C=O) groups is 2. The summed E-state index contributed by atoms with van der Waals surface area (Å²) in [6.45, 7) is 4.53. The minimum atomic E-state index is -1.86. The second kappa shape index (κ2) is 9.11. The van der Waals surface area contributed by atoms with Crippen LogP contribution in [-0.2, 0) is 32.8 Å². The third kappa shape index (κ3) is 4.14. The first-order valence-electron chi connectivity index (χ1n) is 13.1. The molecule has 8 heteroatoms. The molecule has 4 heterocycles. The molecular formula is C29H32N3O5+. The van der Waals surface area contributed by atoms with Gasteiger partial charge in [0.25, 0.3) is 5.91 Å². The molecule has 3 fully saturated rings. The number of piperidine rings is 3. The summed E-state index contributed by atoms with van der Waals surface area (Å²) in [5.74, 6) is 0.606. The van der Waals surface area contributed by atoms with Gasteiger partial charge in [0.1, 0.15) is 12.3 Å². The van der Waals surface area contributed by atoms with Crippen LogP contribution in [0.25, 0.3) is 0 Å². The van der Waals surface area contributed by atoms with Crippen LogP contribution in [0.15, 0.2) is 59.1 Å². The number of rotatable bonds is 6. The topological polar surface area (TPSA) is 102 Å². The number of benzene rings is 2. The highest BCUT2D eigenvalue weighted by molar-refractivity contribution is 5.90. The number of carbonyl (C=O) groups excluding carboxylic acids is 2. The molecule has 1 aliphatic carbocycles. The van der Waals surface area contributed by atoms with Crippen LogP contribution in [0.3, 0.4) is 0 Å². The SMILES string of the molecule is CCc1cc(NC(=O)C[N+]23CCC(CC2)C(OC(=O)C2(O)c4ccccc4Cc4ccccc42)C3)no1. The highest BCUT2D eigenvalue weighted by atomic mass is 16.6. The third-order valence-corrected chi connectivity index (χ3v) is 8.44. The first kappa shape index (κ1) is 23.9. The molecule has 1 aromatic heterocycles. The fraction of sp³-hybridized carbons (Fsp3) is 0.414. The first-order chi connectivity index (χ1) is 17.9. The molecule has 1 atom stereocenters. The Morgan fingerprint density at radius 3 is 2.38 bits per heavy atom. The van der Waals surface area contributed by atoms with Gasteiger partial charge in [0.2, 0.25) is 5.60 Å². The summed E-state index contributed by atoms with van der Waals surface area (Å²) < 4.78 is 11.9. The number of nitrogens with one attached hydrogen (secondary N) is 1. The van der Waals surface area contributed by atoms with Gasteiger partial charge in [-0.3, -0.25) is 4.79 Å². The number of hydrogen-bond donors (Lipinski definition) is 2. The molecule has 3 aromatic rings. The van der Waals surface area contributed by atoms with Crippen molar-refractivity contribution in [2.45, 2.75) is 44.3 Å². The van der Waals surface area contributed by atoms with Gasteiger partial charge in [0, 0.05) is 42.4 Å². The molecule has 37 heavy (non-hydrogen) atoms. The Morgan fingerprint density at radius 2 is 1.76 bits per heavy atom. The predicted octanol–water partition coefficient (Wildman–Crippen LogP) is 3.17. The fourth-order valence-electron chi connectivity index (χ4n) is 6.45. The smallest absolute Gasteiger partial charge is 0.348 e. The summed E-state index contributed by atoms with van der Waals surface area (Å²) in [7, 11) is 0. The molecule has 0 spiro atoms. The number of aromatic nitrogens is 1. The molecule has 3 saturated heterocycles. The Hall–Kier alpha value is -3.49. The fourth-order valence-corrected chi connectivity index (χ4v) is 6.45. The number of anilines is 1. The Morgan fingerprint density at radius 1 is 1.11 bits per heavy atom. The second-order valence-corrected chi connectivity index (χ2v) is 10.7. The molecule has 2 N–H and O–H groups in total. The van der Waals surface area contributed by atoms with Gasteiger partial charge in [0.05, 0.1) is 13.1 Å². The first-order valence-corrected chi connectivity index (χ1v) is 13.1. The zero-order chi connectivity index (χ0) is 25.6. The maximum Gasteiger partial charge on any atom is 0.348 e. The molecule has 1 unspecified atom stereocenters. The van der Waals surface area contributed by atoms with Crippen molar-refractivity contribution in [3.63, 3.8) is 0 Å². The lowest BCUT2D eigenvalue weighted by Crippen LogP contribution is -2.66. The largest absolute Gasteiger partial charge is 0.453 e. The van der Waals surface area contributed by atoms with E-state index in [4.69, 9.17) is 9.26 Å². The quantitative estimate of drug-likeness (QED) is 0.397. The van der Waals surface area contributed by atoms with E-state index in [-0.39, 0.29) is 24.5 Å². The van der Waals surface area contributed by atoms with E-state index in [1.54, 1.807) is 6.07 Å². The average Bonchev–Trinajstić information content (AvgIpc) is 3.36. The minimum absolute atomic E-state index is 0.129. The normalized spacial score (nSPS) is 25.1. The van der Waals surface area contributed by atoms with Crippen LogP contribution in [0.4, 0.5) is 5.82 Å². The van der Waals surface area contributed by atoms with Crippen molar-refractivity contribution in [1.29, 1.82) is 0 Å². The van der Waals surface area contributed by atoms with Gasteiger partial charge in [-0.2, -0.15) is 0 Å². The minimum Gasteiger partial charge on any atom is -0.453 e. The van der Waals surface area contributed by atoms with Crippen LogP contribution >= 0.6 is 0 Å². The van der Waals surface area contributed by atoms with E-state index in [0.717, 1.165) is 42.8 Å². The zero-order valence-electron chi connectivity index (χ0n) is 21.0. The molecule has 8 nitrogen and oxygen atoms in total. The monoisotopic (exact) mass is 502 g/mol. The van der Waals surface area contributed by atoms with E-state index in [2.05, 4.69) is 10.5 Å². The van der Waals surface area contributed by atoms with Crippen LogP contribution in [0.2, 0.25) is 0 Å². The van der Waals surface area contributed by atoms with E-state index < -0.39 is 11.6 Å². The van der Waals surface area contributed by atoms with Crippen LogP contribution in [0, 0.1) is 5.92 Å². The third-order valence-electron chi connectivity index (χ3n) is 8.44. The molecule has 0 radical (unpaired) electrons. The predicted molar refractivity (Wildman–Crippen MR) is 136 cm³/mol. The lowest BCUT2D eigenvalue weighted by atomic mass is 9.74. The van der Waals surface area contributed by atoms with E-state index >= 15 is 0 Å². The van der Waals surface area contributed by atoms with Crippen LogP contribution in [0.1, 0.15) is 47.8 Å². The number of fused-ring (bicyclic) bond motifs is 5. The van der Waals surface area contributed by atoms with Crippen molar-refractivity contribution in [3.8, 4) is 0 Å². The van der Waals surface area contributed by atoms with Gasteiger partial charge < -0.3 is 24.2 Å². The Kier molecular flexibility index (Phi) is 5.88. The standard InChI is InChI=1S/C29H31N3O5/c1-2-22-16-26(31-37-22)30-27(33)18-32-13-11-19(12-14-32)25(17-32)36-28(34)29(35)23-9-5-3-7-20(23)15-21-8-4-6-10-24(21)29/h3-10,16,19,25,35H,2,11-15,17-18H2,1H3/p+1. The number of amides is 1. The van der Waals surface area contributed by atoms with Gasteiger partial charge in [-0.1, -0.05) is 60.6 Å². The summed E-state index contributed by atoms with van der Waals surface area (Å²) in [6.07, 6.45) is 2.76. The molecule has 7 rings (SSSR count). The number of aryl methyl sites for hydroxylation is 1. The molecule has 2 aromatic carbocycles. The van der Waals surface area contributed by atoms with Crippen molar-refractivity contribution < 1.29 is 28.4 Å². The molecule has 3 aliphatic heterocycles. The van der Waals surface area contributed by atoms with Crippen molar-refractivity contribution >= 4 is 17.7 Å². The van der Waals surface area contributed by atoms with Crippen molar-refractivity contribution in [1.82, 2.24) is 5.16 Å². The van der Waals surface area contributed by atoms with Gasteiger partial charge in [-0.05, 0) is 17.5 Å². The highest BCUT2D eigenvalue weighted by Gasteiger charge is 2.52. The van der Waals surface area contributed by atoms with E-state index in [9.17, 15) is 14.7 Å². The molecule has 192 valence electrons. The Bertz CT molecular complexity index is 1300. The van der Waals surface area contributed by atoms with Gasteiger partial charge in [-0.15, -0.1) is 0 Å². The van der Waals surface area contributed by atoms with Gasteiger partial charge in [0.15, 0.2) is 18.5 Å². The number of nitrogens with zero attached hydrogens (tertiary/aromatic N) is 2. The van der Waals surface area contributed by atoms with Crippen LogP contribution in [0.5, 0.6) is 0 Å². The molecule has 2 bridgehead atoms. The van der Waals surface area contributed by atoms with Gasteiger partial charge >= 0.3 is 5.97 Å². The number of aliphatic hydroxyl groups is 1. The number of hydrogen-bond acceptors (Lipinski definition) is 6. The van der Waals surface area contributed by atoms with Crippen molar-refractivity contribution in [2.24, 2.45) is 5.92 Å². The lowest BCUT2D eigenvalue weighted by Gasteiger charge is -2.51. The van der Waals surface area contributed by atoms with E-state index in [0.29, 0.717) is 40.8 Å². The molecule has 1 amide bonds. The van der Waals surface area contributed by atoms with Crippen molar-refractivity contribution in [2.75, 3.05) is 31.5 Å². The van der Waals surface area contributed by atoms with Crippen LogP contribution in [-0.4, -0.2) is 58.9 Å². The summed E-state index contributed by atoms with van der Waals surface area (Å²) in [5, 5.41) is 18.7. The lowest BCUT2D eigenvalue weighted by molar-refractivity contribution is -0.939. The average molecular weight is 503 g/mol. The van der Waals surface area contributed by atoms with E-state index in [1.807, 2.05) is 55.5 Å². The summed E-state index contributed by atoms with van der Waals surface area (Å²) >= 11 is 0. The Balaban J connectivity index is 1.21. The molecule has 4 aliphatic rings. The maximum atomic E-state index is 13.8. The van der Waals surface area contributed by atoms with Gasteiger partial charge in [-0.25, -0.2) is 4.79 Å². The summed E-state index contributed by atoms with van der Waals surface area (Å²) in [4.78, 5) is 26.7. The van der Waals surface area contributed by atoms with Crippen molar-refractivity contribution in [3.05, 3.63) is 82.6 Å². The molecular weight excluding hydrogens is 470 g/mol. The summed E-state index contributed by atoms with van der Waals surface area (Å²) in [5.41, 5.74) is 1.16. The second-order valence-electron chi connectivity index (χ2n) is 10.7. The summed E-state index contributed by atoms with van der Waals surface area (Å²) in [6, 6.07) is 16.8. The molecule has 0 saturated carbocycles. The number of quaternary nitrogens is 1. The van der Waals surface area contributed by atoms with Crippen LogP contribution < -0.4 is 5.32 Å². The zero-order valence-corrected chi connectivity index (χ0v) is 21.0. The maximum absolute atomic E-state index is 13.8. The Labute approximate surface area is 215 Å².